The molecule has 1 atom stereocenters. The fraction of sp³-hybridized carbons (Fsp3) is 0.235. The number of amides is 1. The van der Waals surface area contributed by atoms with Crippen molar-refractivity contribution in [1.82, 2.24) is 4.90 Å². The minimum absolute atomic E-state index is 0.0787. The molecule has 1 aliphatic rings. The Morgan fingerprint density at radius 2 is 2.21 bits per heavy atom. The van der Waals surface area contributed by atoms with Gasteiger partial charge in [0.05, 0.1) is 18.1 Å². The number of guanidine groups is 1. The topological polar surface area (TPSA) is 82.5 Å². The first-order valence-electron chi connectivity index (χ1n) is 7.36. The fourth-order valence-corrected chi connectivity index (χ4v) is 3.74. The van der Waals surface area contributed by atoms with Crippen LogP contribution in [0.15, 0.2) is 35.3 Å². The molecule has 7 heteroatoms. The molecule has 2 N–H and O–H groups in total. The van der Waals surface area contributed by atoms with Crippen molar-refractivity contribution in [3.63, 3.8) is 0 Å². The van der Waals surface area contributed by atoms with Gasteiger partial charge < -0.3 is 5.73 Å². The highest BCUT2D eigenvalue weighted by molar-refractivity contribution is 7.21. The van der Waals surface area contributed by atoms with E-state index in [1.807, 2.05) is 25.1 Å². The molecule has 118 valence electrons. The van der Waals surface area contributed by atoms with Crippen LogP contribution in [-0.2, 0) is 10.3 Å². The van der Waals surface area contributed by atoms with Crippen LogP contribution in [0.4, 0.5) is 0 Å². The Hall–Kier alpha value is -2.59. The van der Waals surface area contributed by atoms with Crippen LogP contribution >= 0.6 is 11.3 Å². The SMILES string of the molecule is [B]c1sc([C@]2(C)CC(=O)N(C)C(N)=N2)cc1-c1cccc(C#N)c1. The second kappa shape index (κ2) is 5.80. The summed E-state index contributed by atoms with van der Waals surface area (Å²) < 4.78 is 0.626. The van der Waals surface area contributed by atoms with E-state index in [4.69, 9.17) is 18.8 Å². The van der Waals surface area contributed by atoms with Crippen molar-refractivity contribution in [2.24, 2.45) is 10.7 Å². The average Bonchev–Trinajstić information content (AvgIpc) is 2.95. The van der Waals surface area contributed by atoms with E-state index < -0.39 is 5.54 Å². The standard InChI is InChI=1S/C17H15BN4OS/c1-17(8-14(23)22(2)16(20)21-17)13-7-12(15(18)24-13)11-5-3-4-10(6-11)9-19/h3-7H,8H2,1-2H3,(H2,20,21)/t17-/m0/s1. The van der Waals surface area contributed by atoms with Gasteiger partial charge in [0.25, 0.3) is 0 Å². The number of benzene rings is 1. The molecule has 1 amide bonds. The van der Waals surface area contributed by atoms with Gasteiger partial charge in [-0.3, -0.25) is 9.69 Å². The Balaban J connectivity index is 2.06. The molecule has 2 heterocycles. The van der Waals surface area contributed by atoms with E-state index in [-0.39, 0.29) is 18.3 Å². The summed E-state index contributed by atoms with van der Waals surface area (Å²) in [6.07, 6.45) is 0.238. The quantitative estimate of drug-likeness (QED) is 0.845. The summed E-state index contributed by atoms with van der Waals surface area (Å²) in [6, 6.07) is 11.3. The second-order valence-corrected chi connectivity index (χ2v) is 7.04. The zero-order valence-corrected chi connectivity index (χ0v) is 14.2. The summed E-state index contributed by atoms with van der Waals surface area (Å²) >= 11 is 1.39. The third-order valence-corrected chi connectivity index (χ3v) is 5.39. The van der Waals surface area contributed by atoms with E-state index in [9.17, 15) is 4.79 Å². The Kier molecular flexibility index (Phi) is 3.94. The average molecular weight is 334 g/mol. The first kappa shape index (κ1) is 16.3. The first-order valence-corrected chi connectivity index (χ1v) is 8.18. The molecule has 2 aromatic rings. The van der Waals surface area contributed by atoms with Crippen molar-refractivity contribution in [2.75, 3.05) is 7.05 Å². The molecule has 0 fully saturated rings. The number of carbonyl (C=O) groups is 1. The summed E-state index contributed by atoms with van der Waals surface area (Å²) in [4.78, 5) is 18.9. The number of carbonyl (C=O) groups excluding carboxylic acids is 1. The normalized spacial score (nSPS) is 20.6. The molecule has 0 bridgehead atoms. The van der Waals surface area contributed by atoms with E-state index in [1.165, 1.54) is 16.2 Å². The molecule has 24 heavy (non-hydrogen) atoms. The fourth-order valence-electron chi connectivity index (χ4n) is 2.70. The molecule has 5 nitrogen and oxygen atoms in total. The maximum Gasteiger partial charge on any atom is 0.231 e. The van der Waals surface area contributed by atoms with E-state index in [1.54, 1.807) is 19.2 Å². The molecule has 1 aromatic carbocycles. The van der Waals surface area contributed by atoms with E-state index in [0.29, 0.717) is 10.3 Å². The molecule has 3 rings (SSSR count). The van der Waals surface area contributed by atoms with Gasteiger partial charge in [0, 0.05) is 11.9 Å². The minimum atomic E-state index is -0.725. The van der Waals surface area contributed by atoms with Gasteiger partial charge in [0.1, 0.15) is 13.4 Å². The molecular weight excluding hydrogens is 319 g/mol. The molecule has 1 aliphatic heterocycles. The maximum absolute atomic E-state index is 12.1. The summed E-state index contributed by atoms with van der Waals surface area (Å²) in [7, 11) is 7.80. The van der Waals surface area contributed by atoms with Gasteiger partial charge in [-0.1, -0.05) is 12.1 Å². The molecule has 0 saturated heterocycles. The lowest BCUT2D eigenvalue weighted by atomic mass is 9.91. The number of hydrogen-bond acceptors (Lipinski definition) is 5. The Morgan fingerprint density at radius 1 is 1.46 bits per heavy atom. The summed E-state index contributed by atoms with van der Waals surface area (Å²) in [5, 5.41) is 9.06. The first-order chi connectivity index (χ1) is 11.3. The molecule has 1 aromatic heterocycles. The van der Waals surface area contributed by atoms with E-state index >= 15 is 0 Å². The number of nitrogens with zero attached hydrogens (tertiary/aromatic N) is 3. The van der Waals surface area contributed by atoms with Crippen molar-refractivity contribution < 1.29 is 4.79 Å². The van der Waals surface area contributed by atoms with Crippen LogP contribution in [0.3, 0.4) is 0 Å². The minimum Gasteiger partial charge on any atom is -0.369 e. The second-order valence-electron chi connectivity index (χ2n) is 5.95. The number of nitriles is 1. The Bertz CT molecular complexity index is 898. The van der Waals surface area contributed by atoms with Gasteiger partial charge in [-0.25, -0.2) is 4.99 Å². The number of aliphatic imine (C=N–C) groups is 1. The summed E-state index contributed by atoms with van der Waals surface area (Å²) in [6.45, 7) is 1.88. The molecule has 0 saturated carbocycles. The van der Waals surface area contributed by atoms with Crippen LogP contribution in [0.2, 0.25) is 0 Å². The third-order valence-electron chi connectivity index (χ3n) is 4.17. The van der Waals surface area contributed by atoms with Crippen LogP contribution in [0, 0.1) is 11.3 Å². The van der Waals surface area contributed by atoms with Crippen LogP contribution in [0.1, 0.15) is 23.8 Å². The lowest BCUT2D eigenvalue weighted by Gasteiger charge is -2.32. The van der Waals surface area contributed by atoms with Crippen molar-refractivity contribution in [3.05, 3.63) is 40.8 Å². The van der Waals surface area contributed by atoms with Gasteiger partial charge in [-0.05, 0) is 41.0 Å². The van der Waals surface area contributed by atoms with E-state index in [2.05, 4.69) is 11.1 Å². The molecule has 0 spiro atoms. The van der Waals surface area contributed by atoms with Crippen molar-refractivity contribution >= 4 is 35.8 Å². The monoisotopic (exact) mass is 334 g/mol. The zero-order valence-electron chi connectivity index (χ0n) is 13.4. The predicted octanol–water partition coefficient (Wildman–Crippen LogP) is 1.47. The van der Waals surface area contributed by atoms with Gasteiger partial charge in [0.15, 0.2) is 5.96 Å². The van der Waals surface area contributed by atoms with Crippen molar-refractivity contribution in [2.45, 2.75) is 18.9 Å². The van der Waals surface area contributed by atoms with Gasteiger partial charge in [-0.2, -0.15) is 16.6 Å². The molecule has 0 unspecified atom stereocenters. The third kappa shape index (κ3) is 2.70. The number of thiophene rings is 1. The zero-order chi connectivity index (χ0) is 17.5. The van der Waals surface area contributed by atoms with Crippen molar-refractivity contribution in [3.8, 4) is 17.2 Å². The van der Waals surface area contributed by atoms with Gasteiger partial charge in [0.2, 0.25) is 5.91 Å². The summed E-state index contributed by atoms with van der Waals surface area (Å²) in [5.41, 5.74) is 7.43. The van der Waals surface area contributed by atoms with Crippen molar-refractivity contribution in [1.29, 1.82) is 5.26 Å². The molecule has 2 radical (unpaired) electrons. The van der Waals surface area contributed by atoms with Gasteiger partial charge in [-0.15, -0.1) is 0 Å². The van der Waals surface area contributed by atoms with Crippen LogP contribution < -0.4 is 10.5 Å². The van der Waals surface area contributed by atoms with Crippen LogP contribution in [0.5, 0.6) is 0 Å². The summed E-state index contributed by atoms with van der Waals surface area (Å²) in [5.74, 6) is 0.124. The highest BCUT2D eigenvalue weighted by Gasteiger charge is 2.37. The van der Waals surface area contributed by atoms with Crippen LogP contribution in [0.25, 0.3) is 11.1 Å². The number of nitrogens with two attached hydrogens (primary N) is 1. The highest BCUT2D eigenvalue weighted by Crippen LogP contribution is 2.37. The molecule has 0 aliphatic carbocycles. The maximum atomic E-state index is 12.1. The number of hydrogen-bond donors (Lipinski definition) is 1. The predicted molar refractivity (Wildman–Crippen MR) is 96.2 cm³/mol. The van der Waals surface area contributed by atoms with Gasteiger partial charge >= 0.3 is 0 Å². The van der Waals surface area contributed by atoms with E-state index in [0.717, 1.165) is 16.0 Å². The lowest BCUT2D eigenvalue weighted by molar-refractivity contribution is -0.128. The highest BCUT2D eigenvalue weighted by atomic mass is 32.1. The largest absolute Gasteiger partial charge is 0.369 e. The number of rotatable bonds is 2. The lowest BCUT2D eigenvalue weighted by Crippen LogP contribution is -2.47. The molecular formula is C17H15BN4OS. The Labute approximate surface area is 145 Å². The smallest absolute Gasteiger partial charge is 0.231 e. The van der Waals surface area contributed by atoms with Crippen LogP contribution in [-0.4, -0.2) is 31.7 Å². The Morgan fingerprint density at radius 3 is 2.88 bits per heavy atom.